The molecule has 3 nitrogen and oxygen atoms in total. The van der Waals surface area contributed by atoms with Gasteiger partial charge in [-0.1, -0.05) is 0 Å². The zero-order valence-corrected chi connectivity index (χ0v) is 12.2. The van der Waals surface area contributed by atoms with E-state index in [4.69, 9.17) is 5.73 Å². The van der Waals surface area contributed by atoms with Crippen molar-refractivity contribution < 1.29 is 13.6 Å². The summed E-state index contributed by atoms with van der Waals surface area (Å²) in [6, 6.07) is 1.83. The first-order valence-electron chi connectivity index (χ1n) is 6.53. The van der Waals surface area contributed by atoms with E-state index in [1.165, 1.54) is 13.0 Å². The van der Waals surface area contributed by atoms with Crippen molar-refractivity contribution in [2.24, 2.45) is 5.73 Å². The Morgan fingerprint density at radius 3 is 2.85 bits per heavy atom. The highest BCUT2D eigenvalue weighted by Crippen LogP contribution is 2.18. The van der Waals surface area contributed by atoms with Crippen LogP contribution < -0.4 is 5.73 Å². The first-order valence-corrected chi connectivity index (χ1v) is 7.68. The Labute approximate surface area is 121 Å². The molecule has 20 heavy (non-hydrogen) atoms. The lowest BCUT2D eigenvalue weighted by Crippen LogP contribution is -2.35. The maximum Gasteiger partial charge on any atom is 0.224 e. The predicted octanol–water partition coefficient (Wildman–Crippen LogP) is 2.07. The lowest BCUT2D eigenvalue weighted by Gasteiger charge is -2.18. The first kappa shape index (κ1) is 15.3. The van der Waals surface area contributed by atoms with Gasteiger partial charge < -0.3 is 10.6 Å². The van der Waals surface area contributed by atoms with Crippen LogP contribution in [0.4, 0.5) is 8.78 Å². The largest absolute Gasteiger partial charge is 0.333 e. The Hall–Kier alpha value is -1.14. The van der Waals surface area contributed by atoms with Crippen molar-refractivity contribution in [3.05, 3.63) is 34.9 Å². The third-order valence-electron chi connectivity index (χ3n) is 3.35. The van der Waals surface area contributed by atoms with Gasteiger partial charge >= 0.3 is 0 Å². The summed E-state index contributed by atoms with van der Waals surface area (Å²) >= 11 is 1.70. The van der Waals surface area contributed by atoms with Crippen molar-refractivity contribution >= 4 is 17.7 Å². The molecule has 1 fully saturated rings. The number of nitrogens with two attached hydrogens (primary N) is 1. The summed E-state index contributed by atoms with van der Waals surface area (Å²) in [7, 11) is 0. The van der Waals surface area contributed by atoms with E-state index in [0.29, 0.717) is 5.88 Å². The summed E-state index contributed by atoms with van der Waals surface area (Å²) in [4.78, 5) is 13.7. The average Bonchev–Trinajstić information content (AvgIpc) is 2.89. The molecule has 1 heterocycles. The maximum atomic E-state index is 13.7. The molecule has 1 aliphatic rings. The van der Waals surface area contributed by atoms with Crippen LogP contribution in [-0.4, -0.2) is 35.0 Å². The van der Waals surface area contributed by atoms with Crippen molar-refractivity contribution in [1.29, 1.82) is 0 Å². The quantitative estimate of drug-likeness (QED) is 0.926. The number of thioether (sulfide) groups is 1. The lowest BCUT2D eigenvalue weighted by molar-refractivity contribution is -0.130. The fourth-order valence-electron chi connectivity index (χ4n) is 2.16. The number of carbonyl (C=O) groups excluding carboxylic acids is 1. The standard InChI is InChI=1S/C14H18F2N2OS/c1-9-4-13(16)10(6-12(9)15)5-11(17)7-14(19)18-2-3-20-8-18/h4,6,11H,2-3,5,7-8,17H2,1H3. The van der Waals surface area contributed by atoms with Crippen LogP contribution in [0, 0.1) is 18.6 Å². The summed E-state index contributed by atoms with van der Waals surface area (Å²) in [5.74, 6) is 0.701. The Kier molecular flexibility index (Phi) is 4.99. The highest BCUT2D eigenvalue weighted by molar-refractivity contribution is 7.99. The molecule has 0 aliphatic carbocycles. The summed E-state index contributed by atoms with van der Waals surface area (Å²) in [6.45, 7) is 2.25. The van der Waals surface area contributed by atoms with E-state index in [2.05, 4.69) is 0 Å². The zero-order chi connectivity index (χ0) is 14.7. The Balaban J connectivity index is 1.95. The predicted molar refractivity (Wildman–Crippen MR) is 76.4 cm³/mol. The fourth-order valence-corrected chi connectivity index (χ4v) is 3.13. The summed E-state index contributed by atoms with van der Waals surface area (Å²) in [5.41, 5.74) is 6.38. The monoisotopic (exact) mass is 300 g/mol. The Morgan fingerprint density at radius 1 is 1.45 bits per heavy atom. The molecule has 1 unspecified atom stereocenters. The van der Waals surface area contributed by atoms with Crippen LogP contribution in [0.5, 0.6) is 0 Å². The van der Waals surface area contributed by atoms with Gasteiger partial charge in [0.1, 0.15) is 11.6 Å². The van der Waals surface area contributed by atoms with E-state index < -0.39 is 17.7 Å². The molecule has 0 spiro atoms. The van der Waals surface area contributed by atoms with Gasteiger partial charge in [-0.25, -0.2) is 8.78 Å². The minimum atomic E-state index is -0.496. The third-order valence-corrected chi connectivity index (χ3v) is 4.32. The highest BCUT2D eigenvalue weighted by atomic mass is 32.2. The van der Waals surface area contributed by atoms with Crippen LogP contribution in [-0.2, 0) is 11.2 Å². The second-order valence-corrected chi connectivity index (χ2v) is 6.13. The topological polar surface area (TPSA) is 46.3 Å². The van der Waals surface area contributed by atoms with Gasteiger partial charge in [-0.15, -0.1) is 11.8 Å². The number of benzene rings is 1. The molecule has 0 saturated carbocycles. The smallest absolute Gasteiger partial charge is 0.224 e. The molecular formula is C14H18F2N2OS. The maximum absolute atomic E-state index is 13.7. The minimum Gasteiger partial charge on any atom is -0.333 e. The van der Waals surface area contributed by atoms with Gasteiger partial charge in [0.05, 0.1) is 5.88 Å². The molecule has 110 valence electrons. The third kappa shape index (κ3) is 3.70. The number of halogens is 2. The number of carbonyl (C=O) groups is 1. The van der Waals surface area contributed by atoms with Gasteiger partial charge in [0.25, 0.3) is 0 Å². The average molecular weight is 300 g/mol. The molecule has 2 rings (SSSR count). The van der Waals surface area contributed by atoms with E-state index in [9.17, 15) is 13.6 Å². The Bertz CT molecular complexity index is 504. The zero-order valence-electron chi connectivity index (χ0n) is 11.4. The summed E-state index contributed by atoms with van der Waals surface area (Å²) in [6.07, 6.45) is 0.325. The van der Waals surface area contributed by atoms with Gasteiger partial charge in [0.15, 0.2) is 0 Å². The van der Waals surface area contributed by atoms with Crippen LogP contribution in [0.3, 0.4) is 0 Å². The van der Waals surface area contributed by atoms with Crippen LogP contribution in [0.25, 0.3) is 0 Å². The molecule has 1 aliphatic heterocycles. The van der Waals surface area contributed by atoms with Gasteiger partial charge in [0.2, 0.25) is 5.91 Å². The second-order valence-electron chi connectivity index (χ2n) is 5.06. The minimum absolute atomic E-state index is 0.0181. The number of hydrogen-bond donors (Lipinski definition) is 1. The lowest BCUT2D eigenvalue weighted by atomic mass is 10.0. The second kappa shape index (κ2) is 6.54. The van der Waals surface area contributed by atoms with Crippen LogP contribution in [0.15, 0.2) is 12.1 Å². The van der Waals surface area contributed by atoms with Crippen molar-refractivity contribution in [2.45, 2.75) is 25.8 Å². The number of amides is 1. The van der Waals surface area contributed by atoms with E-state index in [0.717, 1.165) is 18.4 Å². The number of aryl methyl sites for hydroxylation is 1. The van der Waals surface area contributed by atoms with Crippen molar-refractivity contribution in [1.82, 2.24) is 4.90 Å². The van der Waals surface area contributed by atoms with Crippen LogP contribution >= 0.6 is 11.8 Å². The molecule has 2 N–H and O–H groups in total. The van der Waals surface area contributed by atoms with Crippen LogP contribution in [0.1, 0.15) is 17.5 Å². The molecule has 1 aromatic carbocycles. The van der Waals surface area contributed by atoms with Gasteiger partial charge in [-0.3, -0.25) is 4.79 Å². The Morgan fingerprint density at radius 2 is 2.20 bits per heavy atom. The molecular weight excluding hydrogens is 282 g/mol. The summed E-state index contributed by atoms with van der Waals surface area (Å²) < 4.78 is 27.1. The highest BCUT2D eigenvalue weighted by Gasteiger charge is 2.21. The van der Waals surface area contributed by atoms with Crippen molar-refractivity contribution in [2.75, 3.05) is 18.2 Å². The van der Waals surface area contributed by atoms with E-state index in [1.54, 1.807) is 16.7 Å². The molecule has 0 radical (unpaired) electrons. The van der Waals surface area contributed by atoms with Crippen LogP contribution in [0.2, 0.25) is 0 Å². The number of rotatable bonds is 4. The van der Waals surface area contributed by atoms with E-state index in [-0.39, 0.29) is 29.9 Å². The number of nitrogens with zero attached hydrogens (tertiary/aromatic N) is 1. The van der Waals surface area contributed by atoms with Gasteiger partial charge in [0, 0.05) is 24.8 Å². The SMILES string of the molecule is Cc1cc(F)c(CC(N)CC(=O)N2CCSC2)cc1F. The molecule has 1 amide bonds. The van der Waals surface area contributed by atoms with Gasteiger partial charge in [-0.05, 0) is 36.6 Å². The number of hydrogen-bond acceptors (Lipinski definition) is 3. The van der Waals surface area contributed by atoms with Gasteiger partial charge in [-0.2, -0.15) is 0 Å². The van der Waals surface area contributed by atoms with Crippen molar-refractivity contribution in [3.63, 3.8) is 0 Å². The van der Waals surface area contributed by atoms with E-state index in [1.807, 2.05) is 0 Å². The molecule has 6 heteroatoms. The van der Waals surface area contributed by atoms with E-state index >= 15 is 0 Å². The molecule has 0 aromatic heterocycles. The molecule has 1 saturated heterocycles. The molecule has 1 atom stereocenters. The fraction of sp³-hybridized carbons (Fsp3) is 0.500. The summed E-state index contributed by atoms with van der Waals surface area (Å²) in [5, 5.41) is 0. The molecule has 1 aromatic rings. The molecule has 0 bridgehead atoms. The first-order chi connectivity index (χ1) is 9.47. The normalized spacial score (nSPS) is 16.5. The van der Waals surface area contributed by atoms with Crippen molar-refractivity contribution in [3.8, 4) is 0 Å².